The van der Waals surface area contributed by atoms with Gasteiger partial charge in [-0.25, -0.2) is 13.8 Å². The number of benzene rings is 1. The standard InChI is InChI=1S/C23H25F2N5O3/c1-14(23(32)33-3)11-27-22(31)18-10-19(25)20(16-12-28-30(2)13-16)29-21(18)26-8-7-15-5-4-6-17(24)9-15/h4-6,9-10,12-14H,7-8,11H2,1-3H3,(H,26,29)(H,27,31)/t14-/m0/s1. The Bertz CT molecular complexity index is 1150. The average molecular weight is 457 g/mol. The van der Waals surface area contributed by atoms with Gasteiger partial charge in [0.25, 0.3) is 5.91 Å². The van der Waals surface area contributed by atoms with Crippen molar-refractivity contribution in [1.82, 2.24) is 20.1 Å². The van der Waals surface area contributed by atoms with Crippen LogP contribution in [0.1, 0.15) is 22.8 Å². The Kier molecular flexibility index (Phi) is 7.70. The molecule has 0 aliphatic carbocycles. The van der Waals surface area contributed by atoms with Gasteiger partial charge in [0.05, 0.1) is 24.8 Å². The van der Waals surface area contributed by atoms with Crippen molar-refractivity contribution in [3.05, 3.63) is 65.5 Å². The molecule has 1 amide bonds. The van der Waals surface area contributed by atoms with Crippen molar-refractivity contribution in [2.45, 2.75) is 13.3 Å². The number of hydrogen-bond donors (Lipinski definition) is 2. The Balaban J connectivity index is 1.84. The van der Waals surface area contributed by atoms with E-state index in [1.807, 2.05) is 0 Å². The van der Waals surface area contributed by atoms with Crippen LogP contribution in [0.5, 0.6) is 0 Å². The molecule has 2 heterocycles. The third kappa shape index (κ3) is 6.12. The molecule has 0 spiro atoms. The first-order chi connectivity index (χ1) is 15.8. The van der Waals surface area contributed by atoms with Crippen LogP contribution in [0.3, 0.4) is 0 Å². The van der Waals surface area contributed by atoms with E-state index < -0.39 is 23.6 Å². The van der Waals surface area contributed by atoms with Crippen LogP contribution in [0.15, 0.2) is 42.7 Å². The van der Waals surface area contributed by atoms with Crippen LogP contribution in [-0.2, 0) is 23.0 Å². The highest BCUT2D eigenvalue weighted by atomic mass is 19.1. The fourth-order valence-electron chi connectivity index (χ4n) is 3.19. The maximum atomic E-state index is 14.9. The van der Waals surface area contributed by atoms with E-state index in [0.717, 1.165) is 11.6 Å². The van der Waals surface area contributed by atoms with Crippen molar-refractivity contribution < 1.29 is 23.1 Å². The number of aryl methyl sites for hydroxylation is 1. The summed E-state index contributed by atoms with van der Waals surface area (Å²) in [6, 6.07) is 7.27. The molecule has 8 nitrogen and oxygen atoms in total. The topological polar surface area (TPSA) is 98.1 Å². The van der Waals surface area contributed by atoms with Crippen LogP contribution in [0.2, 0.25) is 0 Å². The minimum atomic E-state index is -0.690. The van der Waals surface area contributed by atoms with E-state index in [1.165, 1.54) is 30.1 Å². The number of halogens is 2. The lowest BCUT2D eigenvalue weighted by Crippen LogP contribution is -2.32. The number of amides is 1. The van der Waals surface area contributed by atoms with Gasteiger partial charge in [0.15, 0.2) is 5.82 Å². The molecule has 0 radical (unpaired) electrons. The summed E-state index contributed by atoms with van der Waals surface area (Å²) in [7, 11) is 2.96. The minimum Gasteiger partial charge on any atom is -0.469 e. The number of rotatable bonds is 9. The zero-order chi connectivity index (χ0) is 24.0. The molecule has 0 unspecified atom stereocenters. The zero-order valence-corrected chi connectivity index (χ0v) is 18.6. The smallest absolute Gasteiger partial charge is 0.310 e. The van der Waals surface area contributed by atoms with E-state index in [-0.39, 0.29) is 29.4 Å². The van der Waals surface area contributed by atoms with Gasteiger partial charge in [-0.2, -0.15) is 5.10 Å². The first-order valence-corrected chi connectivity index (χ1v) is 10.3. The molecule has 0 saturated heterocycles. The number of nitrogens with zero attached hydrogens (tertiary/aromatic N) is 3. The molecule has 0 aliphatic rings. The van der Waals surface area contributed by atoms with Crippen LogP contribution in [0.25, 0.3) is 11.3 Å². The number of hydrogen-bond acceptors (Lipinski definition) is 6. The van der Waals surface area contributed by atoms with Gasteiger partial charge in [-0.3, -0.25) is 14.3 Å². The van der Waals surface area contributed by atoms with Crippen molar-refractivity contribution >= 4 is 17.7 Å². The number of esters is 1. The zero-order valence-electron chi connectivity index (χ0n) is 18.6. The van der Waals surface area contributed by atoms with E-state index in [2.05, 4.69) is 25.5 Å². The summed E-state index contributed by atoms with van der Waals surface area (Å²) < 4.78 is 34.5. The van der Waals surface area contributed by atoms with Gasteiger partial charge in [-0.05, 0) is 30.2 Å². The van der Waals surface area contributed by atoms with Gasteiger partial charge in [-0.1, -0.05) is 19.1 Å². The number of nitrogens with one attached hydrogen (secondary N) is 2. The summed E-state index contributed by atoms with van der Waals surface area (Å²) in [4.78, 5) is 28.7. The summed E-state index contributed by atoms with van der Waals surface area (Å²) in [6.45, 7) is 1.95. The van der Waals surface area contributed by atoms with E-state index in [1.54, 1.807) is 32.3 Å². The molecule has 0 fully saturated rings. The first kappa shape index (κ1) is 23.8. The van der Waals surface area contributed by atoms with Gasteiger partial charge >= 0.3 is 5.97 Å². The highest BCUT2D eigenvalue weighted by molar-refractivity contribution is 5.99. The predicted molar refractivity (Wildman–Crippen MR) is 119 cm³/mol. The second-order valence-electron chi connectivity index (χ2n) is 7.56. The third-order valence-corrected chi connectivity index (χ3v) is 4.97. The predicted octanol–water partition coefficient (Wildman–Crippen LogP) is 2.95. The summed E-state index contributed by atoms with van der Waals surface area (Å²) >= 11 is 0. The molecule has 3 aromatic rings. The third-order valence-electron chi connectivity index (χ3n) is 4.97. The second-order valence-corrected chi connectivity index (χ2v) is 7.56. The maximum Gasteiger partial charge on any atom is 0.310 e. The molecule has 2 N–H and O–H groups in total. The van der Waals surface area contributed by atoms with Crippen LogP contribution in [0, 0.1) is 17.6 Å². The lowest BCUT2D eigenvalue weighted by atomic mass is 10.1. The maximum absolute atomic E-state index is 14.9. The normalized spacial score (nSPS) is 11.7. The second kappa shape index (κ2) is 10.7. The Morgan fingerprint density at radius 2 is 2.03 bits per heavy atom. The molecule has 1 aromatic carbocycles. The number of anilines is 1. The molecular formula is C23H25F2N5O3. The Morgan fingerprint density at radius 1 is 1.24 bits per heavy atom. The van der Waals surface area contributed by atoms with Crippen molar-refractivity contribution in [2.75, 3.05) is 25.5 Å². The minimum absolute atomic E-state index is 0.0141. The van der Waals surface area contributed by atoms with E-state index in [0.29, 0.717) is 18.5 Å². The van der Waals surface area contributed by atoms with E-state index in [9.17, 15) is 18.4 Å². The van der Waals surface area contributed by atoms with Gasteiger partial charge in [-0.15, -0.1) is 0 Å². The van der Waals surface area contributed by atoms with Crippen LogP contribution >= 0.6 is 0 Å². The van der Waals surface area contributed by atoms with E-state index >= 15 is 0 Å². The largest absolute Gasteiger partial charge is 0.469 e. The van der Waals surface area contributed by atoms with Gasteiger partial charge in [0, 0.05) is 31.9 Å². The van der Waals surface area contributed by atoms with Crippen LogP contribution < -0.4 is 10.6 Å². The lowest BCUT2D eigenvalue weighted by molar-refractivity contribution is -0.144. The van der Waals surface area contributed by atoms with E-state index in [4.69, 9.17) is 0 Å². The molecule has 0 bridgehead atoms. The Morgan fingerprint density at radius 3 is 2.70 bits per heavy atom. The molecule has 0 aliphatic heterocycles. The monoisotopic (exact) mass is 457 g/mol. The fraction of sp³-hybridized carbons (Fsp3) is 0.304. The van der Waals surface area contributed by atoms with Crippen LogP contribution in [-0.4, -0.2) is 46.8 Å². The fourth-order valence-corrected chi connectivity index (χ4v) is 3.19. The Hall–Kier alpha value is -3.82. The number of pyridine rings is 1. The van der Waals surface area contributed by atoms with Crippen LogP contribution in [0.4, 0.5) is 14.6 Å². The Labute approximate surface area is 190 Å². The first-order valence-electron chi connectivity index (χ1n) is 10.3. The van der Waals surface area contributed by atoms with Crippen molar-refractivity contribution in [3.63, 3.8) is 0 Å². The summed E-state index contributed by atoms with van der Waals surface area (Å²) in [5.74, 6) is -2.51. The van der Waals surface area contributed by atoms with Gasteiger partial charge < -0.3 is 15.4 Å². The molecule has 3 rings (SSSR count). The number of carbonyl (C=O) groups excluding carboxylic acids is 2. The summed E-state index contributed by atoms with van der Waals surface area (Å²) in [5.41, 5.74) is 1.23. The average Bonchev–Trinajstić information content (AvgIpc) is 3.23. The molecule has 174 valence electrons. The number of methoxy groups -OCH3 is 1. The van der Waals surface area contributed by atoms with Crippen molar-refractivity contribution in [3.8, 4) is 11.3 Å². The number of carbonyl (C=O) groups is 2. The quantitative estimate of drug-likeness (QED) is 0.480. The highest BCUT2D eigenvalue weighted by Crippen LogP contribution is 2.25. The summed E-state index contributed by atoms with van der Waals surface area (Å²) in [5, 5.41) is 9.69. The van der Waals surface area contributed by atoms with Crippen molar-refractivity contribution in [2.24, 2.45) is 13.0 Å². The van der Waals surface area contributed by atoms with Gasteiger partial charge in [0.2, 0.25) is 0 Å². The molecule has 2 aromatic heterocycles. The van der Waals surface area contributed by atoms with Crippen molar-refractivity contribution in [1.29, 1.82) is 0 Å². The number of aromatic nitrogens is 3. The molecule has 10 heteroatoms. The highest BCUT2D eigenvalue weighted by Gasteiger charge is 2.21. The molecule has 33 heavy (non-hydrogen) atoms. The molecular weight excluding hydrogens is 432 g/mol. The van der Waals surface area contributed by atoms with Gasteiger partial charge in [0.1, 0.15) is 17.3 Å². The molecule has 1 atom stereocenters. The lowest BCUT2D eigenvalue weighted by Gasteiger charge is -2.15. The molecule has 0 saturated carbocycles. The number of ether oxygens (including phenoxy) is 1. The summed E-state index contributed by atoms with van der Waals surface area (Å²) in [6.07, 6.45) is 3.54. The SMILES string of the molecule is COC(=O)[C@@H](C)CNC(=O)c1cc(F)c(-c2cnn(C)c2)nc1NCCc1cccc(F)c1.